The summed E-state index contributed by atoms with van der Waals surface area (Å²) in [4.78, 5) is 0. The minimum absolute atomic E-state index is 0.136. The van der Waals surface area contributed by atoms with Crippen molar-refractivity contribution in [3.63, 3.8) is 0 Å². The van der Waals surface area contributed by atoms with Crippen LogP contribution >= 0.6 is 0 Å². The summed E-state index contributed by atoms with van der Waals surface area (Å²) >= 11 is 0. The molecule has 1 aromatic rings. The van der Waals surface area contributed by atoms with Gasteiger partial charge in [0, 0.05) is 0 Å². The Kier molecular flexibility index (Phi) is 4.12. The van der Waals surface area contributed by atoms with Gasteiger partial charge in [-0.25, -0.2) is 4.39 Å². The van der Waals surface area contributed by atoms with Crippen molar-refractivity contribution < 1.29 is 4.39 Å². The van der Waals surface area contributed by atoms with Gasteiger partial charge in [0.2, 0.25) is 0 Å². The Labute approximate surface area is 86.2 Å². The molecule has 1 aromatic carbocycles. The first-order valence-corrected chi connectivity index (χ1v) is 5.29. The molecule has 0 spiro atoms. The maximum atomic E-state index is 13.3. The highest BCUT2D eigenvalue weighted by Gasteiger charge is 2.20. The normalized spacial score (nSPS) is 15.5. The maximum Gasteiger partial charge on any atom is 0.101 e. The predicted molar refractivity (Wildman–Crippen MR) is 59.0 cm³/mol. The molecule has 0 aromatic heterocycles. The van der Waals surface area contributed by atoms with Crippen molar-refractivity contribution in [3.8, 4) is 0 Å². The van der Waals surface area contributed by atoms with Gasteiger partial charge in [-0.3, -0.25) is 0 Å². The molecule has 0 N–H and O–H groups in total. The van der Waals surface area contributed by atoms with Crippen LogP contribution in [-0.2, 0) is 6.42 Å². The third kappa shape index (κ3) is 3.13. The van der Waals surface area contributed by atoms with Crippen LogP contribution in [0.5, 0.6) is 0 Å². The number of hydrogen-bond donors (Lipinski definition) is 0. The molecular weight excluding hydrogens is 175 g/mol. The van der Waals surface area contributed by atoms with Gasteiger partial charge in [-0.05, 0) is 30.7 Å². The second-order valence-electron chi connectivity index (χ2n) is 4.28. The third-order valence-corrected chi connectivity index (χ3v) is 2.76. The van der Waals surface area contributed by atoms with Crippen molar-refractivity contribution in [2.45, 2.75) is 33.4 Å². The lowest BCUT2D eigenvalue weighted by atomic mass is 9.86. The Balaban J connectivity index is 2.65. The van der Waals surface area contributed by atoms with Crippen LogP contribution in [0.4, 0.5) is 4.39 Å². The smallest absolute Gasteiger partial charge is 0.101 e. The van der Waals surface area contributed by atoms with Gasteiger partial charge in [-0.1, -0.05) is 44.2 Å². The topological polar surface area (TPSA) is 0 Å². The fraction of sp³-hybridized carbons (Fsp3) is 0.538. The molecule has 78 valence electrons. The summed E-state index contributed by atoms with van der Waals surface area (Å²) < 4.78 is 13.3. The molecule has 0 aliphatic carbocycles. The Morgan fingerprint density at radius 2 is 1.64 bits per heavy atom. The average Bonchev–Trinajstić information content (AvgIpc) is 2.15. The molecular formula is C13H19F. The fourth-order valence-corrected chi connectivity index (χ4v) is 1.81. The largest absolute Gasteiger partial charge is 0.247 e. The number of hydrogen-bond acceptors (Lipinski definition) is 0. The van der Waals surface area contributed by atoms with E-state index < -0.39 is 6.17 Å². The molecule has 14 heavy (non-hydrogen) atoms. The van der Waals surface area contributed by atoms with Crippen molar-refractivity contribution in [1.29, 1.82) is 0 Å². The average molecular weight is 194 g/mol. The molecule has 1 heteroatoms. The lowest BCUT2D eigenvalue weighted by Crippen LogP contribution is -2.21. The van der Waals surface area contributed by atoms with Gasteiger partial charge in [0.1, 0.15) is 6.17 Å². The number of rotatable bonds is 4. The molecule has 0 fully saturated rings. The second-order valence-corrected chi connectivity index (χ2v) is 4.28. The highest BCUT2D eigenvalue weighted by Crippen LogP contribution is 2.22. The van der Waals surface area contributed by atoms with E-state index in [1.165, 1.54) is 5.56 Å². The van der Waals surface area contributed by atoms with E-state index in [0.29, 0.717) is 5.92 Å². The van der Waals surface area contributed by atoms with Crippen molar-refractivity contribution in [3.05, 3.63) is 35.9 Å². The van der Waals surface area contributed by atoms with Crippen LogP contribution in [0.3, 0.4) is 0 Å². The highest BCUT2D eigenvalue weighted by molar-refractivity contribution is 5.15. The zero-order chi connectivity index (χ0) is 10.6. The van der Waals surface area contributed by atoms with Crippen LogP contribution in [0, 0.1) is 11.8 Å². The van der Waals surface area contributed by atoms with E-state index in [2.05, 4.69) is 26.0 Å². The van der Waals surface area contributed by atoms with Gasteiger partial charge in [-0.15, -0.1) is 0 Å². The van der Waals surface area contributed by atoms with Gasteiger partial charge in [-0.2, -0.15) is 0 Å². The molecule has 0 heterocycles. The van der Waals surface area contributed by atoms with Crippen molar-refractivity contribution >= 4 is 0 Å². The molecule has 0 saturated carbocycles. The summed E-state index contributed by atoms with van der Waals surface area (Å²) in [6.07, 6.45) is 0.117. The van der Waals surface area contributed by atoms with Crippen molar-refractivity contribution in [2.24, 2.45) is 11.8 Å². The van der Waals surface area contributed by atoms with Gasteiger partial charge < -0.3 is 0 Å². The highest BCUT2D eigenvalue weighted by atomic mass is 19.1. The molecule has 0 aliphatic rings. The minimum Gasteiger partial charge on any atom is -0.247 e. The molecule has 2 atom stereocenters. The van der Waals surface area contributed by atoms with Crippen LogP contribution in [0.1, 0.15) is 26.3 Å². The lowest BCUT2D eigenvalue weighted by Gasteiger charge is -2.22. The number of alkyl halides is 1. The van der Waals surface area contributed by atoms with Crippen LogP contribution in [0.2, 0.25) is 0 Å². The molecule has 0 amide bonds. The Hall–Kier alpha value is -0.850. The summed E-state index contributed by atoms with van der Waals surface area (Å²) in [5.41, 5.74) is 1.23. The maximum absolute atomic E-state index is 13.3. The quantitative estimate of drug-likeness (QED) is 0.682. The number of halogens is 1. The summed E-state index contributed by atoms with van der Waals surface area (Å²) in [7, 11) is 0. The molecule has 1 rings (SSSR count). The fourth-order valence-electron chi connectivity index (χ4n) is 1.81. The Morgan fingerprint density at radius 1 is 1.07 bits per heavy atom. The standard InChI is InChI=1S/C13H19F/c1-10(2)13(11(3)14)9-12-7-5-4-6-8-12/h4-8,10-11,13H,9H2,1-3H3. The van der Waals surface area contributed by atoms with E-state index in [9.17, 15) is 4.39 Å². The second kappa shape index (κ2) is 5.14. The van der Waals surface area contributed by atoms with E-state index in [-0.39, 0.29) is 5.92 Å². The van der Waals surface area contributed by atoms with Crippen LogP contribution in [-0.4, -0.2) is 6.17 Å². The van der Waals surface area contributed by atoms with Gasteiger partial charge in [0.05, 0.1) is 0 Å². The molecule has 0 saturated heterocycles. The summed E-state index contributed by atoms with van der Waals surface area (Å²) in [6, 6.07) is 10.1. The Bertz CT molecular complexity index is 243. The first-order chi connectivity index (χ1) is 6.61. The van der Waals surface area contributed by atoms with E-state index in [1.54, 1.807) is 6.92 Å². The Morgan fingerprint density at radius 3 is 2.07 bits per heavy atom. The van der Waals surface area contributed by atoms with E-state index in [1.807, 2.05) is 18.2 Å². The first kappa shape index (κ1) is 11.2. The summed E-state index contributed by atoms with van der Waals surface area (Å²) in [5.74, 6) is 0.535. The molecule has 2 unspecified atom stereocenters. The lowest BCUT2D eigenvalue weighted by molar-refractivity contribution is 0.197. The van der Waals surface area contributed by atoms with Crippen molar-refractivity contribution in [2.75, 3.05) is 0 Å². The SMILES string of the molecule is CC(C)C(Cc1ccccc1)C(C)F. The zero-order valence-electron chi connectivity index (χ0n) is 9.20. The monoisotopic (exact) mass is 194 g/mol. The van der Waals surface area contributed by atoms with Crippen LogP contribution in [0.25, 0.3) is 0 Å². The van der Waals surface area contributed by atoms with Gasteiger partial charge in [0.15, 0.2) is 0 Å². The molecule has 0 bridgehead atoms. The summed E-state index contributed by atoms with van der Waals surface area (Å²) in [6.45, 7) is 5.83. The van der Waals surface area contributed by atoms with E-state index in [0.717, 1.165) is 6.42 Å². The van der Waals surface area contributed by atoms with Gasteiger partial charge >= 0.3 is 0 Å². The number of benzene rings is 1. The van der Waals surface area contributed by atoms with Gasteiger partial charge in [0.25, 0.3) is 0 Å². The predicted octanol–water partition coefficient (Wildman–Crippen LogP) is 3.86. The zero-order valence-corrected chi connectivity index (χ0v) is 9.20. The first-order valence-electron chi connectivity index (χ1n) is 5.29. The molecule has 0 nitrogen and oxygen atoms in total. The summed E-state index contributed by atoms with van der Waals surface area (Å²) in [5, 5.41) is 0. The third-order valence-electron chi connectivity index (χ3n) is 2.76. The molecule has 0 radical (unpaired) electrons. The van der Waals surface area contributed by atoms with Crippen LogP contribution < -0.4 is 0 Å². The van der Waals surface area contributed by atoms with E-state index in [4.69, 9.17) is 0 Å². The molecule has 0 aliphatic heterocycles. The van der Waals surface area contributed by atoms with E-state index >= 15 is 0 Å². The minimum atomic E-state index is -0.727. The van der Waals surface area contributed by atoms with Crippen molar-refractivity contribution in [1.82, 2.24) is 0 Å². The van der Waals surface area contributed by atoms with Crippen LogP contribution in [0.15, 0.2) is 30.3 Å².